The molecule has 1 unspecified atom stereocenters. The molecular weight excluding hydrogens is 522 g/mol. The maximum absolute atomic E-state index is 11.4. The maximum atomic E-state index is 11.4. The molecule has 3 aromatic carbocycles. The fraction of sp³-hybridized carbons (Fsp3) is 0.472. The zero-order chi connectivity index (χ0) is 29.7. The van der Waals surface area contributed by atoms with Gasteiger partial charge >= 0.3 is 6.09 Å². The summed E-state index contributed by atoms with van der Waals surface area (Å²) in [6.45, 7) is 13.4. The lowest BCUT2D eigenvalue weighted by Crippen LogP contribution is -2.47. The SMILES string of the molecule is Cc1c(C)c2c(c(C)c1NC(=O)O)CC(C)(CN1CCC(CCNCCC(c3ccccc3)c3ccccc3)CC1)O2. The summed E-state index contributed by atoms with van der Waals surface area (Å²) in [6.07, 6.45) is 4.56. The second kappa shape index (κ2) is 13.3. The number of hydrogen-bond donors (Lipinski definition) is 3. The number of fused-ring (bicyclic) bond motifs is 1. The van der Waals surface area contributed by atoms with Gasteiger partial charge in [0.15, 0.2) is 0 Å². The zero-order valence-corrected chi connectivity index (χ0v) is 25.7. The van der Waals surface area contributed by atoms with Crippen LogP contribution in [0, 0.1) is 26.7 Å². The highest BCUT2D eigenvalue weighted by atomic mass is 16.5. The summed E-state index contributed by atoms with van der Waals surface area (Å²) in [6, 6.07) is 21.7. The zero-order valence-electron chi connectivity index (χ0n) is 25.7. The molecule has 1 fully saturated rings. The van der Waals surface area contributed by atoms with Crippen molar-refractivity contribution in [1.29, 1.82) is 0 Å². The first-order chi connectivity index (χ1) is 20.2. The summed E-state index contributed by atoms with van der Waals surface area (Å²) in [5.74, 6) is 2.13. The van der Waals surface area contributed by atoms with E-state index < -0.39 is 6.09 Å². The van der Waals surface area contributed by atoms with Crippen molar-refractivity contribution in [3.63, 3.8) is 0 Å². The van der Waals surface area contributed by atoms with Gasteiger partial charge in [-0.05, 0) is 113 Å². The molecule has 0 saturated carbocycles. The summed E-state index contributed by atoms with van der Waals surface area (Å²) in [7, 11) is 0. The quantitative estimate of drug-likeness (QED) is 0.211. The number of piperidine rings is 1. The number of anilines is 1. The topological polar surface area (TPSA) is 73.8 Å². The van der Waals surface area contributed by atoms with Crippen molar-refractivity contribution in [2.75, 3.05) is 38.0 Å². The van der Waals surface area contributed by atoms with Gasteiger partial charge in [-0.25, -0.2) is 4.79 Å². The number of benzene rings is 3. The van der Waals surface area contributed by atoms with Gasteiger partial charge < -0.3 is 15.2 Å². The third-order valence-corrected chi connectivity index (χ3v) is 9.52. The van der Waals surface area contributed by atoms with Gasteiger partial charge in [0.2, 0.25) is 0 Å². The maximum Gasteiger partial charge on any atom is 0.409 e. The molecule has 42 heavy (non-hydrogen) atoms. The fourth-order valence-corrected chi connectivity index (χ4v) is 7.06. The Morgan fingerprint density at radius 1 is 0.952 bits per heavy atom. The molecule has 6 nitrogen and oxygen atoms in total. The summed E-state index contributed by atoms with van der Waals surface area (Å²) in [5.41, 5.74) is 7.30. The molecular formula is C36H47N3O3. The van der Waals surface area contributed by atoms with E-state index in [9.17, 15) is 9.90 Å². The van der Waals surface area contributed by atoms with E-state index in [0.29, 0.717) is 11.6 Å². The Balaban J connectivity index is 1.07. The number of hydrogen-bond acceptors (Lipinski definition) is 4. The van der Waals surface area contributed by atoms with Crippen LogP contribution in [0.15, 0.2) is 60.7 Å². The van der Waals surface area contributed by atoms with Crippen LogP contribution in [0.4, 0.5) is 10.5 Å². The van der Waals surface area contributed by atoms with Crippen molar-refractivity contribution in [3.05, 3.63) is 94.0 Å². The number of rotatable bonds is 11. The van der Waals surface area contributed by atoms with Crippen LogP contribution in [-0.4, -0.2) is 54.4 Å². The number of likely N-dealkylation sites (tertiary alicyclic amines) is 1. The highest BCUT2D eigenvalue weighted by Crippen LogP contribution is 2.45. The molecule has 0 spiro atoms. The first-order valence-corrected chi connectivity index (χ1v) is 15.6. The van der Waals surface area contributed by atoms with Crippen LogP contribution in [0.2, 0.25) is 0 Å². The lowest BCUT2D eigenvalue weighted by atomic mass is 9.88. The molecule has 3 N–H and O–H groups in total. The third-order valence-electron chi connectivity index (χ3n) is 9.52. The molecule has 3 aromatic rings. The number of carbonyl (C=O) groups is 1. The average Bonchev–Trinajstić information content (AvgIpc) is 3.35. The normalized spacial score (nSPS) is 19.1. The Morgan fingerprint density at radius 2 is 1.57 bits per heavy atom. The van der Waals surface area contributed by atoms with Gasteiger partial charge in [-0.1, -0.05) is 60.7 Å². The lowest BCUT2D eigenvalue weighted by Gasteiger charge is -2.37. The van der Waals surface area contributed by atoms with Crippen LogP contribution in [0.3, 0.4) is 0 Å². The minimum atomic E-state index is -1.02. The van der Waals surface area contributed by atoms with Crippen molar-refractivity contribution in [1.82, 2.24) is 10.2 Å². The van der Waals surface area contributed by atoms with Crippen LogP contribution >= 0.6 is 0 Å². The van der Waals surface area contributed by atoms with Crippen molar-refractivity contribution in [2.45, 2.75) is 71.3 Å². The minimum absolute atomic E-state index is 0.297. The van der Waals surface area contributed by atoms with Crippen molar-refractivity contribution < 1.29 is 14.6 Å². The van der Waals surface area contributed by atoms with Crippen LogP contribution < -0.4 is 15.4 Å². The fourth-order valence-electron chi connectivity index (χ4n) is 7.06. The van der Waals surface area contributed by atoms with E-state index in [1.165, 1.54) is 30.4 Å². The van der Waals surface area contributed by atoms with Gasteiger partial charge in [0.05, 0.1) is 5.69 Å². The Bertz CT molecular complexity index is 1310. The largest absolute Gasteiger partial charge is 0.485 e. The van der Waals surface area contributed by atoms with Crippen molar-refractivity contribution in [2.24, 2.45) is 5.92 Å². The number of carboxylic acid groups (broad SMARTS) is 1. The summed E-state index contributed by atoms with van der Waals surface area (Å²) in [5, 5.41) is 15.7. The van der Waals surface area contributed by atoms with Crippen molar-refractivity contribution >= 4 is 11.8 Å². The van der Waals surface area contributed by atoms with E-state index in [2.05, 4.69) is 83.1 Å². The molecule has 2 heterocycles. The Hall–Kier alpha value is -3.35. The molecule has 2 aliphatic rings. The van der Waals surface area contributed by atoms with Gasteiger partial charge in [-0.2, -0.15) is 0 Å². The van der Waals surface area contributed by atoms with Crippen LogP contribution in [0.1, 0.15) is 71.9 Å². The molecule has 1 saturated heterocycles. The van der Waals surface area contributed by atoms with E-state index in [1.807, 2.05) is 20.8 Å². The number of nitrogens with zero attached hydrogens (tertiary/aromatic N) is 1. The molecule has 0 aliphatic carbocycles. The summed E-state index contributed by atoms with van der Waals surface area (Å²) < 4.78 is 6.62. The Morgan fingerprint density at radius 3 is 2.17 bits per heavy atom. The highest BCUT2D eigenvalue weighted by Gasteiger charge is 2.40. The Kier molecular flexibility index (Phi) is 9.54. The molecule has 1 amide bonds. The third kappa shape index (κ3) is 6.99. The predicted molar refractivity (Wildman–Crippen MR) is 171 cm³/mol. The molecule has 224 valence electrons. The second-order valence-corrected chi connectivity index (χ2v) is 12.6. The van der Waals surface area contributed by atoms with Crippen LogP contribution in [0.5, 0.6) is 5.75 Å². The lowest BCUT2D eigenvalue weighted by molar-refractivity contribution is 0.0467. The van der Waals surface area contributed by atoms with E-state index >= 15 is 0 Å². The smallest absolute Gasteiger partial charge is 0.409 e. The van der Waals surface area contributed by atoms with Gasteiger partial charge in [-0.15, -0.1) is 0 Å². The molecule has 2 aliphatic heterocycles. The van der Waals surface area contributed by atoms with Gasteiger partial charge in [0, 0.05) is 24.4 Å². The van der Waals surface area contributed by atoms with E-state index in [1.54, 1.807) is 0 Å². The van der Waals surface area contributed by atoms with E-state index in [4.69, 9.17) is 4.74 Å². The number of ether oxygens (including phenoxy) is 1. The first-order valence-electron chi connectivity index (χ1n) is 15.6. The molecule has 0 bridgehead atoms. The second-order valence-electron chi connectivity index (χ2n) is 12.6. The molecule has 1 atom stereocenters. The Labute approximate surface area is 251 Å². The average molecular weight is 570 g/mol. The van der Waals surface area contributed by atoms with Crippen molar-refractivity contribution in [3.8, 4) is 5.75 Å². The highest BCUT2D eigenvalue weighted by molar-refractivity contribution is 5.87. The summed E-state index contributed by atoms with van der Waals surface area (Å²) >= 11 is 0. The standard InChI is InChI=1S/C36H47N3O3/c1-25-26(2)34-32(27(3)33(25)38-35(40)41)23-36(4,42-34)24-39-21-17-28(18-22-39)15-19-37-20-16-31(29-11-7-5-8-12-29)30-13-9-6-10-14-30/h5-14,28,31,37-38H,15-24H2,1-4H3,(H,40,41). The predicted octanol–water partition coefficient (Wildman–Crippen LogP) is 7.31. The minimum Gasteiger partial charge on any atom is -0.485 e. The monoisotopic (exact) mass is 569 g/mol. The molecule has 0 aromatic heterocycles. The summed E-state index contributed by atoms with van der Waals surface area (Å²) in [4.78, 5) is 13.9. The van der Waals surface area contributed by atoms with Gasteiger partial charge in [-0.3, -0.25) is 10.2 Å². The number of amides is 1. The molecule has 5 rings (SSSR count). The van der Waals surface area contributed by atoms with Gasteiger partial charge in [0.25, 0.3) is 0 Å². The first kappa shape index (κ1) is 30.1. The number of nitrogens with one attached hydrogen (secondary N) is 2. The van der Waals surface area contributed by atoms with E-state index in [0.717, 1.165) is 79.5 Å². The van der Waals surface area contributed by atoms with Crippen LogP contribution in [-0.2, 0) is 6.42 Å². The molecule has 6 heteroatoms. The van der Waals surface area contributed by atoms with E-state index in [-0.39, 0.29) is 5.60 Å². The van der Waals surface area contributed by atoms with Crippen LogP contribution in [0.25, 0.3) is 0 Å². The van der Waals surface area contributed by atoms with Gasteiger partial charge in [0.1, 0.15) is 11.4 Å². The molecule has 0 radical (unpaired) electrons.